The van der Waals surface area contributed by atoms with E-state index in [9.17, 15) is 4.79 Å². The van der Waals surface area contributed by atoms with Gasteiger partial charge in [0, 0.05) is 6.42 Å². The van der Waals surface area contributed by atoms with E-state index in [4.69, 9.17) is 0 Å². The Labute approximate surface area is 106 Å². The van der Waals surface area contributed by atoms with E-state index < -0.39 is 0 Å². The molecular weight excluding hydrogens is 208 g/mol. The highest BCUT2D eigenvalue weighted by molar-refractivity contribution is 5.48. The molecular formula is C16H26O. The summed E-state index contributed by atoms with van der Waals surface area (Å²) in [7, 11) is 0. The minimum atomic E-state index is 0.722. The zero-order valence-corrected chi connectivity index (χ0v) is 11.1. The third-order valence-electron chi connectivity index (χ3n) is 2.48. The van der Waals surface area contributed by atoms with Crippen molar-refractivity contribution in [3.05, 3.63) is 36.5 Å². The molecule has 0 rings (SSSR count). The molecule has 0 saturated carbocycles. The Balaban J connectivity index is 3.22. The first-order valence-electron chi connectivity index (χ1n) is 6.82. The maximum Gasteiger partial charge on any atom is 0.119 e. The lowest BCUT2D eigenvalue weighted by Crippen LogP contribution is -1.77. The maximum atomic E-state index is 10.1. The van der Waals surface area contributed by atoms with Gasteiger partial charge in [-0.15, -0.1) is 0 Å². The van der Waals surface area contributed by atoms with E-state index in [1.54, 1.807) is 0 Å². The highest BCUT2D eigenvalue weighted by Gasteiger charge is 1.86. The molecule has 0 amide bonds. The van der Waals surface area contributed by atoms with Gasteiger partial charge in [-0.3, -0.25) is 0 Å². The molecule has 0 atom stereocenters. The SMILES string of the molecule is CCC=CC=CCC/C=C/CCCCCC=O. The van der Waals surface area contributed by atoms with Crippen LogP contribution in [0.5, 0.6) is 0 Å². The Bertz CT molecular complexity index is 236. The molecule has 0 saturated heterocycles. The zero-order valence-electron chi connectivity index (χ0n) is 11.1. The van der Waals surface area contributed by atoms with Gasteiger partial charge in [0.1, 0.15) is 6.29 Å². The van der Waals surface area contributed by atoms with Crippen molar-refractivity contribution in [3.63, 3.8) is 0 Å². The van der Waals surface area contributed by atoms with E-state index in [1.807, 2.05) is 0 Å². The Morgan fingerprint density at radius 1 is 0.706 bits per heavy atom. The van der Waals surface area contributed by atoms with Crippen LogP contribution in [0.3, 0.4) is 0 Å². The zero-order chi connectivity index (χ0) is 12.6. The van der Waals surface area contributed by atoms with E-state index in [1.165, 1.54) is 12.8 Å². The molecule has 0 radical (unpaired) electrons. The smallest absolute Gasteiger partial charge is 0.119 e. The van der Waals surface area contributed by atoms with Crippen LogP contribution in [0.15, 0.2) is 36.5 Å². The van der Waals surface area contributed by atoms with Crippen molar-refractivity contribution in [2.24, 2.45) is 0 Å². The topological polar surface area (TPSA) is 17.1 Å². The molecule has 0 N–H and O–H groups in total. The van der Waals surface area contributed by atoms with Gasteiger partial charge in [0.25, 0.3) is 0 Å². The molecule has 0 heterocycles. The average molecular weight is 234 g/mol. The highest BCUT2D eigenvalue weighted by atomic mass is 16.1. The van der Waals surface area contributed by atoms with Crippen LogP contribution in [0.4, 0.5) is 0 Å². The summed E-state index contributed by atoms with van der Waals surface area (Å²) in [5.74, 6) is 0. The van der Waals surface area contributed by atoms with Crippen molar-refractivity contribution in [1.82, 2.24) is 0 Å². The van der Waals surface area contributed by atoms with Gasteiger partial charge in [-0.25, -0.2) is 0 Å². The summed E-state index contributed by atoms with van der Waals surface area (Å²) >= 11 is 0. The van der Waals surface area contributed by atoms with Crippen LogP contribution >= 0.6 is 0 Å². The van der Waals surface area contributed by atoms with Crippen molar-refractivity contribution in [2.45, 2.75) is 58.3 Å². The quantitative estimate of drug-likeness (QED) is 0.213. The lowest BCUT2D eigenvalue weighted by atomic mass is 10.1. The molecule has 0 aliphatic carbocycles. The summed E-state index contributed by atoms with van der Waals surface area (Å²) in [5.41, 5.74) is 0. The van der Waals surface area contributed by atoms with Crippen LogP contribution in [-0.4, -0.2) is 6.29 Å². The molecule has 0 aromatic carbocycles. The minimum absolute atomic E-state index is 0.722. The molecule has 17 heavy (non-hydrogen) atoms. The van der Waals surface area contributed by atoms with E-state index in [2.05, 4.69) is 43.4 Å². The van der Waals surface area contributed by atoms with Crippen LogP contribution in [-0.2, 0) is 4.79 Å². The number of hydrogen-bond donors (Lipinski definition) is 0. The molecule has 0 unspecified atom stereocenters. The number of carbonyl (C=O) groups excluding carboxylic acids is 1. The molecule has 0 fully saturated rings. The molecule has 0 aliphatic rings. The number of hydrogen-bond acceptors (Lipinski definition) is 1. The van der Waals surface area contributed by atoms with Gasteiger partial charge < -0.3 is 4.79 Å². The first-order chi connectivity index (χ1) is 8.41. The van der Waals surface area contributed by atoms with Crippen molar-refractivity contribution >= 4 is 6.29 Å². The van der Waals surface area contributed by atoms with Crippen LogP contribution in [0.2, 0.25) is 0 Å². The number of aldehydes is 1. The highest BCUT2D eigenvalue weighted by Crippen LogP contribution is 2.03. The Morgan fingerprint density at radius 3 is 2.12 bits per heavy atom. The fourth-order valence-electron chi connectivity index (χ4n) is 1.48. The van der Waals surface area contributed by atoms with E-state index in [0.29, 0.717) is 0 Å². The Morgan fingerprint density at radius 2 is 1.35 bits per heavy atom. The number of rotatable bonds is 11. The first-order valence-corrected chi connectivity index (χ1v) is 6.82. The number of unbranched alkanes of at least 4 members (excludes halogenated alkanes) is 5. The lowest BCUT2D eigenvalue weighted by Gasteiger charge is -1.93. The summed E-state index contributed by atoms with van der Waals surface area (Å²) in [6.07, 6.45) is 22.8. The first kappa shape index (κ1) is 15.9. The monoisotopic (exact) mass is 234 g/mol. The minimum Gasteiger partial charge on any atom is -0.303 e. The lowest BCUT2D eigenvalue weighted by molar-refractivity contribution is -0.107. The number of allylic oxidation sites excluding steroid dienone is 6. The van der Waals surface area contributed by atoms with Crippen LogP contribution in [0, 0.1) is 0 Å². The van der Waals surface area contributed by atoms with E-state index in [-0.39, 0.29) is 0 Å². The predicted molar refractivity (Wildman–Crippen MR) is 76.1 cm³/mol. The Kier molecular flexibility index (Phi) is 13.9. The van der Waals surface area contributed by atoms with Crippen LogP contribution in [0.1, 0.15) is 58.3 Å². The van der Waals surface area contributed by atoms with Gasteiger partial charge in [-0.05, 0) is 38.5 Å². The predicted octanol–water partition coefficient (Wildman–Crippen LogP) is 4.99. The second-order valence-electron chi connectivity index (χ2n) is 4.12. The van der Waals surface area contributed by atoms with E-state index in [0.717, 1.165) is 44.8 Å². The van der Waals surface area contributed by atoms with E-state index >= 15 is 0 Å². The second kappa shape index (κ2) is 14.9. The third-order valence-corrected chi connectivity index (χ3v) is 2.48. The molecule has 96 valence electrons. The van der Waals surface area contributed by atoms with Crippen molar-refractivity contribution in [1.29, 1.82) is 0 Å². The normalized spacial score (nSPS) is 12.1. The van der Waals surface area contributed by atoms with Crippen LogP contribution < -0.4 is 0 Å². The third kappa shape index (κ3) is 14.9. The van der Waals surface area contributed by atoms with Gasteiger partial charge in [-0.2, -0.15) is 0 Å². The Hall–Kier alpha value is -1.11. The summed E-state index contributed by atoms with van der Waals surface area (Å²) in [6.45, 7) is 2.14. The molecule has 1 heteroatoms. The fourth-order valence-corrected chi connectivity index (χ4v) is 1.48. The largest absolute Gasteiger partial charge is 0.303 e. The van der Waals surface area contributed by atoms with Crippen LogP contribution in [0.25, 0.3) is 0 Å². The van der Waals surface area contributed by atoms with Crippen molar-refractivity contribution in [3.8, 4) is 0 Å². The van der Waals surface area contributed by atoms with Gasteiger partial charge in [0.15, 0.2) is 0 Å². The van der Waals surface area contributed by atoms with Gasteiger partial charge in [0.2, 0.25) is 0 Å². The standard InChI is InChI=1S/C16H26O/c1-2-3-4-5-6-7-8-9-10-11-12-13-14-15-16-17/h3-6,9-10,16H,2,7-8,11-15H2,1H3/b4-3?,6-5?,10-9+. The fraction of sp³-hybridized carbons (Fsp3) is 0.562. The molecule has 0 aromatic heterocycles. The van der Waals surface area contributed by atoms with Gasteiger partial charge in [0.05, 0.1) is 0 Å². The maximum absolute atomic E-state index is 10.1. The molecule has 0 bridgehead atoms. The second-order valence-corrected chi connectivity index (χ2v) is 4.12. The van der Waals surface area contributed by atoms with Gasteiger partial charge >= 0.3 is 0 Å². The summed E-state index contributed by atoms with van der Waals surface area (Å²) in [5, 5.41) is 0. The molecule has 0 aromatic rings. The summed E-state index contributed by atoms with van der Waals surface area (Å²) in [4.78, 5) is 10.1. The summed E-state index contributed by atoms with van der Waals surface area (Å²) in [6, 6.07) is 0. The van der Waals surface area contributed by atoms with Crippen molar-refractivity contribution < 1.29 is 4.79 Å². The molecule has 0 aliphatic heterocycles. The van der Waals surface area contributed by atoms with Gasteiger partial charge in [-0.1, -0.05) is 49.8 Å². The molecule has 1 nitrogen and oxygen atoms in total. The summed E-state index contributed by atoms with van der Waals surface area (Å²) < 4.78 is 0. The number of carbonyl (C=O) groups is 1. The van der Waals surface area contributed by atoms with Crippen molar-refractivity contribution in [2.75, 3.05) is 0 Å². The average Bonchev–Trinajstić information content (AvgIpc) is 2.35. The molecule has 0 spiro atoms.